The molecule has 0 bridgehead atoms. The van der Waals surface area contributed by atoms with Gasteiger partial charge in [0, 0.05) is 31.5 Å². The molecule has 28 heavy (non-hydrogen) atoms. The molecule has 0 fully saturated rings. The highest BCUT2D eigenvalue weighted by molar-refractivity contribution is 5.75. The quantitative estimate of drug-likeness (QED) is 0.715. The molecule has 9 heteroatoms. The Balaban J connectivity index is 1.54. The van der Waals surface area contributed by atoms with E-state index in [-0.39, 0.29) is 18.2 Å². The molecule has 1 aromatic carbocycles. The van der Waals surface area contributed by atoms with Gasteiger partial charge in [-0.1, -0.05) is 0 Å². The van der Waals surface area contributed by atoms with Gasteiger partial charge in [-0.3, -0.25) is 4.79 Å². The van der Waals surface area contributed by atoms with Crippen LogP contribution < -0.4 is 15.4 Å². The summed E-state index contributed by atoms with van der Waals surface area (Å²) in [4.78, 5) is 29.9. The summed E-state index contributed by atoms with van der Waals surface area (Å²) < 4.78 is 19.6. The number of fused-ring (bicyclic) bond motifs is 1. The highest BCUT2D eigenvalue weighted by Crippen LogP contribution is 2.29. The van der Waals surface area contributed by atoms with Crippen LogP contribution in [0, 0.1) is 5.82 Å². The molecule has 0 unspecified atom stereocenters. The van der Waals surface area contributed by atoms with Crippen molar-refractivity contribution in [2.24, 2.45) is 5.73 Å². The van der Waals surface area contributed by atoms with Crippen LogP contribution in [0.15, 0.2) is 43.0 Å². The van der Waals surface area contributed by atoms with E-state index >= 15 is 0 Å². The van der Waals surface area contributed by atoms with Gasteiger partial charge in [0.2, 0.25) is 0 Å². The number of amides is 1. The fraction of sp³-hybridized carbons (Fsp3) is 0.211. The smallest absolute Gasteiger partial charge is 0.255 e. The van der Waals surface area contributed by atoms with E-state index in [4.69, 9.17) is 10.5 Å². The van der Waals surface area contributed by atoms with Crippen molar-refractivity contribution < 1.29 is 13.9 Å². The van der Waals surface area contributed by atoms with Gasteiger partial charge in [0.25, 0.3) is 5.91 Å². The van der Waals surface area contributed by atoms with Crippen molar-refractivity contribution in [3.63, 3.8) is 0 Å². The Morgan fingerprint density at radius 3 is 2.57 bits per heavy atom. The number of hydrogen-bond acceptors (Lipinski definition) is 7. The molecule has 0 saturated heterocycles. The predicted octanol–water partition coefficient (Wildman–Crippen LogP) is 1.50. The van der Waals surface area contributed by atoms with Crippen LogP contribution in [0.2, 0.25) is 0 Å². The maximum absolute atomic E-state index is 14.4. The van der Waals surface area contributed by atoms with E-state index in [1.807, 2.05) is 0 Å². The largest absolute Gasteiger partial charge is 0.484 e. The molecule has 0 radical (unpaired) electrons. The van der Waals surface area contributed by atoms with Crippen LogP contribution >= 0.6 is 0 Å². The first-order valence-electron chi connectivity index (χ1n) is 8.67. The minimum atomic E-state index is -0.612. The topological polar surface area (TPSA) is 107 Å². The van der Waals surface area contributed by atoms with Crippen LogP contribution in [-0.4, -0.2) is 39.0 Å². The number of rotatable bonds is 5. The lowest BCUT2D eigenvalue weighted by molar-refractivity contribution is -0.119. The summed E-state index contributed by atoms with van der Waals surface area (Å²) in [5.74, 6) is 0.222. The number of anilines is 1. The van der Waals surface area contributed by atoms with Crippen molar-refractivity contribution in [1.29, 1.82) is 0 Å². The molecular formula is C19H17FN6O2. The second-order valence-corrected chi connectivity index (χ2v) is 6.31. The molecule has 1 amide bonds. The van der Waals surface area contributed by atoms with Crippen molar-refractivity contribution in [2.75, 3.05) is 18.1 Å². The highest BCUT2D eigenvalue weighted by Gasteiger charge is 2.21. The second kappa shape index (κ2) is 7.55. The third-order valence-electron chi connectivity index (χ3n) is 4.40. The highest BCUT2D eigenvalue weighted by atomic mass is 19.1. The van der Waals surface area contributed by atoms with Gasteiger partial charge < -0.3 is 15.4 Å². The number of primary amides is 1. The fourth-order valence-corrected chi connectivity index (χ4v) is 3.09. The van der Waals surface area contributed by atoms with Gasteiger partial charge >= 0.3 is 0 Å². The number of halogens is 1. The van der Waals surface area contributed by atoms with Gasteiger partial charge in [-0.05, 0) is 29.7 Å². The Labute approximate surface area is 160 Å². The Morgan fingerprint density at radius 1 is 1.14 bits per heavy atom. The van der Waals surface area contributed by atoms with Crippen molar-refractivity contribution in [3.05, 3.63) is 59.9 Å². The molecule has 1 aliphatic rings. The van der Waals surface area contributed by atoms with Crippen molar-refractivity contribution in [1.82, 2.24) is 19.9 Å². The maximum atomic E-state index is 14.4. The number of hydrogen-bond donors (Lipinski definition) is 1. The molecule has 3 aromatic rings. The van der Waals surface area contributed by atoms with Gasteiger partial charge in [-0.2, -0.15) is 0 Å². The molecular weight excluding hydrogens is 363 g/mol. The van der Waals surface area contributed by atoms with Crippen molar-refractivity contribution >= 4 is 11.6 Å². The normalized spacial score (nSPS) is 13.1. The number of aromatic nitrogens is 4. The lowest BCUT2D eigenvalue weighted by atomic mass is 9.98. The molecule has 4 rings (SSSR count). The van der Waals surface area contributed by atoms with Gasteiger partial charge in [0.05, 0.1) is 18.1 Å². The Hall–Kier alpha value is -3.62. The minimum Gasteiger partial charge on any atom is -0.484 e. The monoisotopic (exact) mass is 380 g/mol. The molecule has 2 aromatic heterocycles. The first-order chi connectivity index (χ1) is 13.6. The Kier molecular flexibility index (Phi) is 4.79. The molecule has 0 aliphatic carbocycles. The molecule has 0 atom stereocenters. The molecule has 0 saturated carbocycles. The van der Waals surface area contributed by atoms with Crippen LogP contribution in [0.4, 0.5) is 10.1 Å². The lowest BCUT2D eigenvalue weighted by Crippen LogP contribution is -2.31. The fourth-order valence-electron chi connectivity index (χ4n) is 3.09. The van der Waals surface area contributed by atoms with Crippen molar-refractivity contribution in [2.45, 2.75) is 13.0 Å². The molecule has 8 nitrogen and oxygen atoms in total. The average Bonchev–Trinajstić information content (AvgIpc) is 2.72. The molecule has 142 valence electrons. The number of nitrogens with two attached hydrogens (primary N) is 1. The SMILES string of the molecule is NC(=O)COc1cc(F)c2c(c1)CN(c1cnc(-c3ncccn3)nc1)CC2. The summed E-state index contributed by atoms with van der Waals surface area (Å²) in [5, 5.41) is 0. The zero-order valence-corrected chi connectivity index (χ0v) is 14.9. The maximum Gasteiger partial charge on any atom is 0.255 e. The summed E-state index contributed by atoms with van der Waals surface area (Å²) in [6, 6.07) is 4.75. The summed E-state index contributed by atoms with van der Waals surface area (Å²) in [6.07, 6.45) is 7.21. The van der Waals surface area contributed by atoms with Crippen LogP contribution in [0.5, 0.6) is 5.75 Å². The summed E-state index contributed by atoms with van der Waals surface area (Å²) in [5.41, 5.74) is 7.34. The molecule has 0 spiro atoms. The van der Waals surface area contributed by atoms with E-state index in [0.717, 1.165) is 11.3 Å². The molecule has 2 N–H and O–H groups in total. The van der Waals surface area contributed by atoms with E-state index < -0.39 is 5.91 Å². The van der Waals surface area contributed by atoms with Crippen LogP contribution in [-0.2, 0) is 17.8 Å². The minimum absolute atomic E-state index is 0.282. The number of nitrogens with zero attached hydrogens (tertiary/aromatic N) is 5. The lowest BCUT2D eigenvalue weighted by Gasteiger charge is -2.30. The zero-order chi connectivity index (χ0) is 19.5. The van der Waals surface area contributed by atoms with E-state index in [0.29, 0.717) is 36.7 Å². The van der Waals surface area contributed by atoms with Crippen LogP contribution in [0.3, 0.4) is 0 Å². The number of benzene rings is 1. The van der Waals surface area contributed by atoms with Gasteiger partial charge in [0.1, 0.15) is 11.6 Å². The zero-order valence-electron chi connectivity index (χ0n) is 14.9. The van der Waals surface area contributed by atoms with Crippen molar-refractivity contribution in [3.8, 4) is 17.4 Å². The average molecular weight is 380 g/mol. The first kappa shape index (κ1) is 17.8. The summed E-state index contributed by atoms with van der Waals surface area (Å²) in [6.45, 7) is 0.819. The summed E-state index contributed by atoms with van der Waals surface area (Å²) >= 11 is 0. The van der Waals surface area contributed by atoms with E-state index in [1.165, 1.54) is 6.07 Å². The predicted molar refractivity (Wildman–Crippen MR) is 98.9 cm³/mol. The number of ether oxygens (including phenoxy) is 1. The van der Waals surface area contributed by atoms with Crippen LogP contribution in [0.25, 0.3) is 11.6 Å². The number of carbonyl (C=O) groups excluding carboxylic acids is 1. The summed E-state index contributed by atoms with van der Waals surface area (Å²) in [7, 11) is 0. The standard InChI is InChI=1S/C19H17FN6O2/c20-16-7-14(28-11-17(21)27)6-12-10-26(5-2-15(12)16)13-8-24-19(25-9-13)18-22-3-1-4-23-18/h1,3-4,6-9H,2,5,10-11H2,(H2,21,27). The Morgan fingerprint density at radius 2 is 1.86 bits per heavy atom. The third kappa shape index (κ3) is 3.73. The van der Waals surface area contributed by atoms with E-state index in [2.05, 4.69) is 24.8 Å². The second-order valence-electron chi connectivity index (χ2n) is 6.31. The van der Waals surface area contributed by atoms with Gasteiger partial charge in [-0.25, -0.2) is 24.3 Å². The van der Waals surface area contributed by atoms with Crippen LogP contribution in [0.1, 0.15) is 11.1 Å². The number of carbonyl (C=O) groups is 1. The molecule has 3 heterocycles. The van der Waals surface area contributed by atoms with Gasteiger partial charge in [-0.15, -0.1) is 0 Å². The Bertz CT molecular complexity index is 997. The third-order valence-corrected chi connectivity index (χ3v) is 4.40. The van der Waals surface area contributed by atoms with E-state index in [9.17, 15) is 9.18 Å². The van der Waals surface area contributed by atoms with E-state index in [1.54, 1.807) is 36.9 Å². The molecule has 1 aliphatic heterocycles. The van der Waals surface area contributed by atoms with Gasteiger partial charge in [0.15, 0.2) is 18.3 Å². The first-order valence-corrected chi connectivity index (χ1v) is 8.67.